The molecule has 0 amide bonds. The van der Waals surface area contributed by atoms with E-state index in [0.717, 1.165) is 24.8 Å². The summed E-state index contributed by atoms with van der Waals surface area (Å²) < 4.78 is 27.3. The van der Waals surface area contributed by atoms with Crippen molar-refractivity contribution in [2.24, 2.45) is 0 Å². The maximum atomic E-state index is 12.3. The number of sulfonamides is 1. The number of rotatable bonds is 7. The van der Waals surface area contributed by atoms with Gasteiger partial charge in [0, 0.05) is 18.5 Å². The van der Waals surface area contributed by atoms with Crippen LogP contribution in [0.3, 0.4) is 0 Å². The molecule has 0 aliphatic rings. The molecular formula is C16H23NO3S. The second kappa shape index (κ2) is 8.83. The first-order valence-corrected chi connectivity index (χ1v) is 8.69. The molecular weight excluding hydrogens is 286 g/mol. The van der Waals surface area contributed by atoms with E-state index in [4.69, 9.17) is 5.11 Å². The molecule has 1 rings (SSSR count). The van der Waals surface area contributed by atoms with Crippen molar-refractivity contribution in [3.05, 3.63) is 29.3 Å². The average molecular weight is 309 g/mol. The monoisotopic (exact) mass is 309 g/mol. The Kier molecular flexibility index (Phi) is 7.44. The quantitative estimate of drug-likeness (QED) is 0.599. The summed E-state index contributed by atoms with van der Waals surface area (Å²) in [5.41, 5.74) is 1.43. The van der Waals surface area contributed by atoms with Crippen LogP contribution < -0.4 is 4.72 Å². The van der Waals surface area contributed by atoms with Crippen LogP contribution in [0.25, 0.3) is 0 Å². The van der Waals surface area contributed by atoms with Gasteiger partial charge in [-0.1, -0.05) is 37.7 Å². The molecule has 1 aromatic carbocycles. The zero-order valence-electron chi connectivity index (χ0n) is 12.6. The van der Waals surface area contributed by atoms with E-state index >= 15 is 0 Å². The highest BCUT2D eigenvalue weighted by molar-refractivity contribution is 7.89. The lowest BCUT2D eigenvalue weighted by Crippen LogP contribution is -2.25. The highest BCUT2D eigenvalue weighted by Crippen LogP contribution is 2.16. The highest BCUT2D eigenvalue weighted by atomic mass is 32.2. The molecule has 2 N–H and O–H groups in total. The zero-order valence-corrected chi connectivity index (χ0v) is 13.5. The molecule has 0 saturated heterocycles. The second-order valence-corrected chi connectivity index (χ2v) is 6.62. The van der Waals surface area contributed by atoms with Crippen molar-refractivity contribution >= 4 is 10.0 Å². The Balaban J connectivity index is 2.97. The molecule has 0 saturated carbocycles. The standard InChI is InChI=1S/C16H23NO3S/c1-3-4-6-11-17-21(19,20)16-10-9-14(2)13-15(16)8-5-7-12-18/h9-10,13,17-18H,3-4,6-7,11-12H2,1-2H3. The molecule has 0 aromatic heterocycles. The topological polar surface area (TPSA) is 66.4 Å². The van der Waals surface area contributed by atoms with Gasteiger partial charge in [-0.15, -0.1) is 0 Å². The number of nitrogens with one attached hydrogen (secondary N) is 1. The van der Waals surface area contributed by atoms with E-state index in [9.17, 15) is 8.42 Å². The van der Waals surface area contributed by atoms with E-state index in [-0.39, 0.29) is 11.5 Å². The van der Waals surface area contributed by atoms with Gasteiger partial charge >= 0.3 is 0 Å². The molecule has 0 heterocycles. The zero-order chi connectivity index (χ0) is 15.7. The van der Waals surface area contributed by atoms with Crippen LogP contribution in [0.4, 0.5) is 0 Å². The highest BCUT2D eigenvalue weighted by Gasteiger charge is 2.17. The van der Waals surface area contributed by atoms with Crippen molar-refractivity contribution < 1.29 is 13.5 Å². The fourth-order valence-corrected chi connectivity index (χ4v) is 3.06. The summed E-state index contributed by atoms with van der Waals surface area (Å²) in [6.07, 6.45) is 3.20. The van der Waals surface area contributed by atoms with Crippen molar-refractivity contribution in [2.45, 2.75) is 44.4 Å². The van der Waals surface area contributed by atoms with Crippen molar-refractivity contribution in [3.8, 4) is 11.8 Å². The smallest absolute Gasteiger partial charge is 0.241 e. The SMILES string of the molecule is CCCCCNS(=O)(=O)c1ccc(C)cc1C#CCCO. The number of benzene rings is 1. The lowest BCUT2D eigenvalue weighted by atomic mass is 10.1. The fourth-order valence-electron chi connectivity index (χ4n) is 1.85. The molecule has 0 radical (unpaired) electrons. The van der Waals surface area contributed by atoms with E-state index in [1.54, 1.807) is 18.2 Å². The van der Waals surface area contributed by atoms with Crippen LogP contribution in [0.2, 0.25) is 0 Å². The first-order chi connectivity index (χ1) is 10.0. The van der Waals surface area contributed by atoms with Gasteiger partial charge in [0.15, 0.2) is 0 Å². The van der Waals surface area contributed by atoms with Crippen molar-refractivity contribution in [3.63, 3.8) is 0 Å². The van der Waals surface area contributed by atoms with Crippen LogP contribution in [0.15, 0.2) is 23.1 Å². The minimum atomic E-state index is -3.54. The van der Waals surface area contributed by atoms with Gasteiger partial charge in [0.05, 0.1) is 11.5 Å². The third-order valence-corrected chi connectivity index (χ3v) is 4.48. The van der Waals surface area contributed by atoms with Gasteiger partial charge in [-0.05, 0) is 31.0 Å². The largest absolute Gasteiger partial charge is 0.395 e. The summed E-state index contributed by atoms with van der Waals surface area (Å²) in [5, 5.41) is 8.76. The Morgan fingerprint density at radius 2 is 2.05 bits per heavy atom. The Bertz CT molecular complexity index is 612. The molecule has 0 unspecified atom stereocenters. The summed E-state index contributed by atoms with van der Waals surface area (Å²) in [6, 6.07) is 5.10. The van der Waals surface area contributed by atoms with Gasteiger partial charge in [-0.25, -0.2) is 13.1 Å². The molecule has 0 atom stereocenters. The van der Waals surface area contributed by atoms with Crippen molar-refractivity contribution in [1.82, 2.24) is 4.72 Å². The van der Waals surface area contributed by atoms with Crippen LogP contribution in [-0.2, 0) is 10.0 Å². The predicted molar refractivity (Wildman–Crippen MR) is 84.5 cm³/mol. The summed E-state index contributed by atoms with van der Waals surface area (Å²) >= 11 is 0. The molecule has 5 heteroatoms. The molecule has 4 nitrogen and oxygen atoms in total. The lowest BCUT2D eigenvalue weighted by Gasteiger charge is -2.09. The Labute approximate surface area is 127 Å². The molecule has 116 valence electrons. The lowest BCUT2D eigenvalue weighted by molar-refractivity contribution is 0.305. The molecule has 1 aromatic rings. The number of hydrogen-bond donors (Lipinski definition) is 2. The van der Waals surface area contributed by atoms with Gasteiger partial charge in [-0.2, -0.15) is 0 Å². The third-order valence-electron chi connectivity index (χ3n) is 2.96. The van der Waals surface area contributed by atoms with E-state index in [1.165, 1.54) is 0 Å². The van der Waals surface area contributed by atoms with Gasteiger partial charge < -0.3 is 5.11 Å². The van der Waals surface area contributed by atoms with Crippen molar-refractivity contribution in [1.29, 1.82) is 0 Å². The van der Waals surface area contributed by atoms with Gasteiger partial charge in [0.2, 0.25) is 10.0 Å². The van der Waals surface area contributed by atoms with Gasteiger partial charge in [-0.3, -0.25) is 0 Å². The van der Waals surface area contributed by atoms with Crippen LogP contribution in [-0.4, -0.2) is 26.7 Å². The van der Waals surface area contributed by atoms with Crippen LogP contribution in [0.5, 0.6) is 0 Å². The summed E-state index contributed by atoms with van der Waals surface area (Å²) in [5.74, 6) is 5.61. The first-order valence-electron chi connectivity index (χ1n) is 7.21. The molecule has 0 aliphatic carbocycles. The predicted octanol–water partition coefficient (Wildman–Crippen LogP) is 2.20. The maximum absolute atomic E-state index is 12.3. The number of unbranched alkanes of at least 4 members (excludes halogenated alkanes) is 2. The molecule has 0 bridgehead atoms. The first kappa shape index (κ1) is 17.7. The number of aliphatic hydroxyl groups excluding tert-OH is 1. The number of hydrogen-bond acceptors (Lipinski definition) is 3. The van der Waals surface area contributed by atoms with Gasteiger partial charge in [0.1, 0.15) is 0 Å². The van der Waals surface area contributed by atoms with Crippen LogP contribution in [0, 0.1) is 18.8 Å². The molecule has 21 heavy (non-hydrogen) atoms. The van der Waals surface area contributed by atoms with Crippen molar-refractivity contribution in [2.75, 3.05) is 13.2 Å². The van der Waals surface area contributed by atoms with Gasteiger partial charge in [0.25, 0.3) is 0 Å². The molecule has 0 aliphatic heterocycles. The van der Waals surface area contributed by atoms with Crippen LogP contribution >= 0.6 is 0 Å². The van der Waals surface area contributed by atoms with E-state index in [1.807, 2.05) is 6.92 Å². The normalized spacial score (nSPS) is 11.0. The van der Waals surface area contributed by atoms with E-state index < -0.39 is 10.0 Å². The van der Waals surface area contributed by atoms with E-state index in [2.05, 4.69) is 23.5 Å². The minimum absolute atomic E-state index is 0.0316. The van der Waals surface area contributed by atoms with E-state index in [0.29, 0.717) is 18.5 Å². The summed E-state index contributed by atoms with van der Waals surface area (Å²) in [4.78, 5) is 0.204. The Hall–Kier alpha value is -1.35. The minimum Gasteiger partial charge on any atom is -0.395 e. The second-order valence-electron chi connectivity index (χ2n) is 4.88. The fraction of sp³-hybridized carbons (Fsp3) is 0.500. The third kappa shape index (κ3) is 5.88. The number of aryl methyl sites for hydroxylation is 1. The molecule has 0 fully saturated rings. The Morgan fingerprint density at radius 3 is 2.71 bits per heavy atom. The molecule has 0 spiro atoms. The summed E-state index contributed by atoms with van der Waals surface area (Å²) in [6.45, 7) is 4.37. The average Bonchev–Trinajstić information content (AvgIpc) is 2.44. The maximum Gasteiger partial charge on any atom is 0.241 e. The van der Waals surface area contributed by atoms with Crippen LogP contribution in [0.1, 0.15) is 43.7 Å². The number of aliphatic hydroxyl groups is 1. The Morgan fingerprint density at radius 1 is 1.29 bits per heavy atom. The summed E-state index contributed by atoms with van der Waals surface area (Å²) in [7, 11) is -3.54.